The average Bonchev–Trinajstić information content (AvgIpc) is 2.52. The first-order chi connectivity index (χ1) is 10.6. The third-order valence-electron chi connectivity index (χ3n) is 2.96. The van der Waals surface area contributed by atoms with E-state index in [1.807, 2.05) is 12.1 Å². The van der Waals surface area contributed by atoms with Crippen LogP contribution in [0.5, 0.6) is 0 Å². The number of aliphatic carboxylic acids is 1. The lowest BCUT2D eigenvalue weighted by atomic mass is 10.0. The van der Waals surface area contributed by atoms with Crippen molar-refractivity contribution >= 4 is 12.1 Å². The molecule has 6 heteroatoms. The van der Waals surface area contributed by atoms with Gasteiger partial charge in [-0.05, 0) is 5.56 Å². The molecule has 0 fully saturated rings. The predicted molar refractivity (Wildman–Crippen MR) is 80.1 cm³/mol. The zero-order chi connectivity index (χ0) is 16.4. The zero-order valence-electron chi connectivity index (χ0n) is 12.1. The first-order valence-electron chi connectivity index (χ1n) is 6.78. The lowest BCUT2D eigenvalue weighted by Gasteiger charge is -2.27. The number of hydrogen-bond acceptors (Lipinski definition) is 4. The number of nitrogens with zero attached hydrogens (tertiary/aromatic N) is 2. The fourth-order valence-corrected chi connectivity index (χ4v) is 1.93. The summed E-state index contributed by atoms with van der Waals surface area (Å²) in [5.41, 5.74) is 0.786. The largest absolute Gasteiger partial charge is 0.480 e. The van der Waals surface area contributed by atoms with E-state index < -0.39 is 18.1 Å². The van der Waals surface area contributed by atoms with Crippen molar-refractivity contribution in [2.24, 2.45) is 0 Å². The lowest BCUT2D eigenvalue weighted by molar-refractivity contribution is -0.142. The summed E-state index contributed by atoms with van der Waals surface area (Å²) in [7, 11) is 0. The smallest absolute Gasteiger partial charge is 0.410 e. The monoisotopic (exact) mass is 302 g/mol. The number of carbonyl (C=O) groups excluding carboxylic acids is 1. The van der Waals surface area contributed by atoms with Crippen molar-refractivity contribution in [1.82, 2.24) is 4.90 Å². The number of rotatable bonds is 8. The van der Waals surface area contributed by atoms with Crippen molar-refractivity contribution in [3.8, 4) is 6.07 Å². The third-order valence-corrected chi connectivity index (χ3v) is 2.96. The Morgan fingerprint density at radius 2 is 2.09 bits per heavy atom. The molecular formula is C16H18N2O4. The highest BCUT2D eigenvalue weighted by Crippen LogP contribution is 2.12. The molecule has 1 atom stereocenters. The molecule has 6 nitrogen and oxygen atoms in total. The first kappa shape index (κ1) is 17.2. The number of hydrogen-bond donors (Lipinski definition) is 1. The predicted octanol–water partition coefficient (Wildman–Crippen LogP) is 2.22. The summed E-state index contributed by atoms with van der Waals surface area (Å²) in [6.45, 7) is 3.42. The Labute approximate surface area is 129 Å². The van der Waals surface area contributed by atoms with Crippen LogP contribution in [0.1, 0.15) is 12.0 Å². The molecule has 1 aromatic carbocycles. The van der Waals surface area contributed by atoms with E-state index in [0.29, 0.717) is 0 Å². The fourth-order valence-electron chi connectivity index (χ4n) is 1.93. The molecule has 0 aliphatic carbocycles. The molecule has 1 amide bonds. The molecule has 0 spiro atoms. The number of carboxylic acid groups (broad SMARTS) is 1. The summed E-state index contributed by atoms with van der Waals surface area (Å²) in [5, 5.41) is 18.1. The number of carbonyl (C=O) groups is 2. The minimum absolute atomic E-state index is 0.00369. The van der Waals surface area contributed by atoms with Gasteiger partial charge >= 0.3 is 12.1 Å². The van der Waals surface area contributed by atoms with Crippen LogP contribution in [0.3, 0.4) is 0 Å². The molecular weight excluding hydrogens is 284 g/mol. The van der Waals surface area contributed by atoms with Gasteiger partial charge in [0.25, 0.3) is 0 Å². The molecule has 0 saturated heterocycles. The molecule has 0 heterocycles. The van der Waals surface area contributed by atoms with Crippen LogP contribution < -0.4 is 0 Å². The third kappa shape index (κ3) is 5.29. The van der Waals surface area contributed by atoms with E-state index in [-0.39, 0.29) is 26.0 Å². The average molecular weight is 302 g/mol. The van der Waals surface area contributed by atoms with Gasteiger partial charge < -0.3 is 9.84 Å². The highest BCUT2D eigenvalue weighted by Gasteiger charge is 2.30. The second-order valence-electron chi connectivity index (χ2n) is 4.51. The quantitative estimate of drug-likeness (QED) is 0.743. The summed E-state index contributed by atoms with van der Waals surface area (Å²) in [4.78, 5) is 24.6. The summed E-state index contributed by atoms with van der Waals surface area (Å²) in [6.07, 6.45) is 0.804. The van der Waals surface area contributed by atoms with Gasteiger partial charge in [0, 0.05) is 13.0 Å². The topological polar surface area (TPSA) is 90.6 Å². The number of nitriles is 1. The normalized spacial score (nSPS) is 11.0. The minimum Gasteiger partial charge on any atom is -0.480 e. The first-order valence-corrected chi connectivity index (χ1v) is 6.78. The molecule has 116 valence electrons. The van der Waals surface area contributed by atoms with Crippen LogP contribution >= 0.6 is 0 Å². The molecule has 0 bridgehead atoms. The van der Waals surface area contributed by atoms with Gasteiger partial charge in [-0.1, -0.05) is 43.0 Å². The van der Waals surface area contributed by atoms with Gasteiger partial charge in [-0.25, -0.2) is 9.59 Å². The van der Waals surface area contributed by atoms with Crippen molar-refractivity contribution in [2.75, 3.05) is 13.2 Å². The molecule has 1 aromatic rings. The van der Waals surface area contributed by atoms with E-state index in [1.54, 1.807) is 24.3 Å². The fraction of sp³-hybridized carbons (Fsp3) is 0.312. The number of carboxylic acids is 1. The molecule has 1 unspecified atom stereocenters. The van der Waals surface area contributed by atoms with Crippen LogP contribution in [0.2, 0.25) is 0 Å². The molecule has 1 rings (SSSR count). The highest BCUT2D eigenvalue weighted by molar-refractivity contribution is 5.80. The highest BCUT2D eigenvalue weighted by atomic mass is 16.6. The summed E-state index contributed by atoms with van der Waals surface area (Å²) < 4.78 is 4.92. The van der Waals surface area contributed by atoms with Crippen LogP contribution in [0.15, 0.2) is 43.0 Å². The second-order valence-corrected chi connectivity index (χ2v) is 4.51. The van der Waals surface area contributed by atoms with E-state index in [1.165, 1.54) is 6.08 Å². The Kier molecular flexibility index (Phi) is 7.20. The molecule has 0 aliphatic rings. The Hall–Kier alpha value is -2.81. The molecule has 0 saturated carbocycles. The number of amides is 1. The van der Waals surface area contributed by atoms with Crippen LogP contribution in [0, 0.1) is 11.3 Å². The van der Waals surface area contributed by atoms with E-state index in [4.69, 9.17) is 10.00 Å². The SMILES string of the molecule is C=CCOC(=O)N(CCC#N)C(Cc1ccccc1)C(=O)O. The summed E-state index contributed by atoms with van der Waals surface area (Å²) in [5.74, 6) is -1.14. The Morgan fingerprint density at radius 3 is 2.64 bits per heavy atom. The van der Waals surface area contributed by atoms with Gasteiger partial charge in [0.15, 0.2) is 0 Å². The van der Waals surface area contributed by atoms with Gasteiger partial charge in [-0.2, -0.15) is 5.26 Å². The van der Waals surface area contributed by atoms with Crippen LogP contribution in [-0.4, -0.2) is 41.3 Å². The van der Waals surface area contributed by atoms with Crippen LogP contribution in [0.4, 0.5) is 4.79 Å². The van der Waals surface area contributed by atoms with Gasteiger partial charge in [0.05, 0.1) is 12.5 Å². The Bertz CT molecular complexity index is 551. The van der Waals surface area contributed by atoms with E-state index in [9.17, 15) is 14.7 Å². The van der Waals surface area contributed by atoms with E-state index >= 15 is 0 Å². The maximum Gasteiger partial charge on any atom is 0.410 e. The van der Waals surface area contributed by atoms with Gasteiger partial charge in [0.2, 0.25) is 0 Å². The van der Waals surface area contributed by atoms with Crippen molar-refractivity contribution in [1.29, 1.82) is 5.26 Å². The maximum atomic E-state index is 12.0. The second kappa shape index (κ2) is 9.19. The van der Waals surface area contributed by atoms with Gasteiger partial charge in [-0.3, -0.25) is 4.90 Å². The maximum absolute atomic E-state index is 12.0. The van der Waals surface area contributed by atoms with Crippen molar-refractivity contribution in [3.05, 3.63) is 48.6 Å². The Morgan fingerprint density at radius 1 is 1.41 bits per heavy atom. The lowest BCUT2D eigenvalue weighted by Crippen LogP contribution is -2.47. The van der Waals surface area contributed by atoms with Crippen molar-refractivity contribution in [3.63, 3.8) is 0 Å². The van der Waals surface area contributed by atoms with Crippen molar-refractivity contribution < 1.29 is 19.4 Å². The standard InChI is InChI=1S/C16H18N2O4/c1-2-11-22-16(21)18(10-6-9-17)14(15(19)20)12-13-7-4-3-5-8-13/h2-5,7-8,14H,1,6,10-12H2,(H,19,20). The van der Waals surface area contributed by atoms with Crippen LogP contribution in [0.25, 0.3) is 0 Å². The number of ether oxygens (including phenoxy) is 1. The van der Waals surface area contributed by atoms with Crippen molar-refractivity contribution in [2.45, 2.75) is 18.9 Å². The zero-order valence-corrected chi connectivity index (χ0v) is 12.1. The molecule has 1 N–H and O–H groups in total. The van der Waals surface area contributed by atoms with Crippen LogP contribution in [-0.2, 0) is 16.0 Å². The molecule has 0 aliphatic heterocycles. The summed E-state index contributed by atoms with van der Waals surface area (Å²) in [6, 6.07) is 9.80. The minimum atomic E-state index is -1.14. The van der Waals surface area contributed by atoms with E-state index in [2.05, 4.69) is 6.58 Å². The van der Waals surface area contributed by atoms with Gasteiger partial charge in [0.1, 0.15) is 12.6 Å². The Balaban J connectivity index is 2.93. The molecule has 22 heavy (non-hydrogen) atoms. The number of benzene rings is 1. The molecule has 0 aromatic heterocycles. The molecule has 0 radical (unpaired) electrons. The van der Waals surface area contributed by atoms with Gasteiger partial charge in [-0.15, -0.1) is 0 Å². The van der Waals surface area contributed by atoms with E-state index in [0.717, 1.165) is 10.5 Å². The summed E-state index contributed by atoms with van der Waals surface area (Å²) >= 11 is 0.